The smallest absolute Gasteiger partial charge is 0.321 e. The van der Waals surface area contributed by atoms with Crippen LogP contribution in [0.1, 0.15) is 6.92 Å². The third-order valence-electron chi connectivity index (χ3n) is 1.79. The molecule has 68 valence electrons. The topological polar surface area (TPSA) is 32.8 Å². The van der Waals surface area contributed by atoms with E-state index < -0.39 is 0 Å². The number of rotatable bonds is 4. The molecule has 12 heavy (non-hydrogen) atoms. The highest BCUT2D eigenvalue weighted by atomic mass is 16.7. The second-order valence-electron chi connectivity index (χ2n) is 2.55. The number of likely N-dealkylation sites (N-methyl/N-ethyl adjacent to an activating group) is 1. The molecule has 1 fully saturated rings. The molecule has 0 spiro atoms. The van der Waals surface area contributed by atoms with Crippen molar-refractivity contribution in [2.24, 2.45) is 0 Å². The Morgan fingerprint density at radius 3 is 2.92 bits per heavy atom. The quantitative estimate of drug-likeness (QED) is 0.586. The van der Waals surface area contributed by atoms with E-state index in [0.717, 1.165) is 13.1 Å². The van der Waals surface area contributed by atoms with E-state index in [1.165, 1.54) is 5.06 Å². The first-order valence-corrected chi connectivity index (χ1v) is 4.09. The van der Waals surface area contributed by atoms with Gasteiger partial charge < -0.3 is 4.90 Å². The molecule has 1 rings (SSSR count). The van der Waals surface area contributed by atoms with E-state index in [0.29, 0.717) is 13.2 Å². The van der Waals surface area contributed by atoms with Crippen molar-refractivity contribution >= 4 is 6.03 Å². The Morgan fingerprint density at radius 2 is 2.42 bits per heavy atom. The van der Waals surface area contributed by atoms with Crippen LogP contribution in [0.4, 0.5) is 4.79 Å². The van der Waals surface area contributed by atoms with E-state index in [1.807, 2.05) is 6.92 Å². The zero-order valence-corrected chi connectivity index (χ0v) is 7.32. The molecule has 0 aromatic heterocycles. The average molecular weight is 170 g/mol. The third kappa shape index (κ3) is 1.76. The van der Waals surface area contributed by atoms with Crippen LogP contribution >= 0.6 is 0 Å². The molecule has 0 atom stereocenters. The summed E-state index contributed by atoms with van der Waals surface area (Å²) >= 11 is 0. The van der Waals surface area contributed by atoms with Crippen molar-refractivity contribution < 1.29 is 9.63 Å². The summed E-state index contributed by atoms with van der Waals surface area (Å²) < 4.78 is 0. The van der Waals surface area contributed by atoms with Crippen LogP contribution in [0.25, 0.3) is 0 Å². The van der Waals surface area contributed by atoms with Crippen LogP contribution < -0.4 is 0 Å². The maximum Gasteiger partial charge on any atom is 0.344 e. The van der Waals surface area contributed by atoms with Crippen molar-refractivity contribution in [2.45, 2.75) is 6.92 Å². The van der Waals surface area contributed by atoms with Gasteiger partial charge in [-0.05, 0) is 6.92 Å². The fraction of sp³-hybridized carbons (Fsp3) is 0.625. The highest BCUT2D eigenvalue weighted by Gasteiger charge is 2.27. The highest BCUT2D eigenvalue weighted by molar-refractivity contribution is 5.75. The van der Waals surface area contributed by atoms with E-state index in [4.69, 9.17) is 4.84 Å². The van der Waals surface area contributed by atoms with E-state index in [1.54, 1.807) is 11.0 Å². The number of hydrogen-bond acceptors (Lipinski definition) is 2. The van der Waals surface area contributed by atoms with Crippen molar-refractivity contribution in [1.82, 2.24) is 9.96 Å². The van der Waals surface area contributed by atoms with Crippen molar-refractivity contribution in [3.8, 4) is 0 Å². The van der Waals surface area contributed by atoms with Gasteiger partial charge in [-0.25, -0.2) is 9.86 Å². The van der Waals surface area contributed by atoms with Crippen molar-refractivity contribution in [3.63, 3.8) is 0 Å². The second-order valence-corrected chi connectivity index (χ2v) is 2.55. The van der Waals surface area contributed by atoms with Gasteiger partial charge in [-0.15, -0.1) is 6.58 Å². The predicted molar refractivity (Wildman–Crippen MR) is 45.5 cm³/mol. The Kier molecular flexibility index (Phi) is 3.10. The molecule has 0 aliphatic carbocycles. The number of carbonyl (C=O) groups excluding carboxylic acids is 1. The summed E-state index contributed by atoms with van der Waals surface area (Å²) in [5, 5.41) is 1.38. The monoisotopic (exact) mass is 170 g/mol. The molecule has 0 radical (unpaired) electrons. The molecule has 2 amide bonds. The molecule has 4 heteroatoms. The number of hydrogen-bond donors (Lipinski definition) is 0. The number of urea groups is 1. The summed E-state index contributed by atoms with van der Waals surface area (Å²) in [6.07, 6.45) is 1.63. The molecule has 0 aromatic rings. The molecule has 1 saturated heterocycles. The minimum atomic E-state index is -0.0423. The van der Waals surface area contributed by atoms with E-state index in [9.17, 15) is 4.79 Å². The van der Waals surface area contributed by atoms with Crippen molar-refractivity contribution in [3.05, 3.63) is 12.7 Å². The van der Waals surface area contributed by atoms with Gasteiger partial charge in [0.25, 0.3) is 0 Å². The third-order valence-corrected chi connectivity index (χ3v) is 1.79. The van der Waals surface area contributed by atoms with Crippen LogP contribution in [0.2, 0.25) is 0 Å². The maximum atomic E-state index is 11.3. The van der Waals surface area contributed by atoms with Crippen LogP contribution in [0.15, 0.2) is 12.7 Å². The van der Waals surface area contributed by atoms with Gasteiger partial charge in [-0.1, -0.05) is 6.08 Å². The first-order chi connectivity index (χ1) is 5.79. The van der Waals surface area contributed by atoms with Gasteiger partial charge >= 0.3 is 6.03 Å². The first-order valence-electron chi connectivity index (χ1n) is 4.09. The predicted octanol–water partition coefficient (Wildman–Crippen LogP) is 0.861. The average Bonchev–Trinajstić information content (AvgIpc) is 2.43. The van der Waals surface area contributed by atoms with E-state index in [-0.39, 0.29) is 6.03 Å². The Morgan fingerprint density at radius 1 is 1.67 bits per heavy atom. The van der Waals surface area contributed by atoms with Crippen molar-refractivity contribution in [1.29, 1.82) is 0 Å². The Labute approximate surface area is 72.3 Å². The first kappa shape index (κ1) is 9.06. The number of carbonyl (C=O) groups is 1. The minimum absolute atomic E-state index is 0.0423. The lowest BCUT2D eigenvalue weighted by Gasteiger charge is -2.15. The molecule has 0 saturated carbocycles. The van der Waals surface area contributed by atoms with Crippen LogP contribution in [-0.4, -0.2) is 42.2 Å². The van der Waals surface area contributed by atoms with Crippen LogP contribution in [0.5, 0.6) is 0 Å². The molecule has 4 nitrogen and oxygen atoms in total. The molecule has 0 N–H and O–H groups in total. The molecular weight excluding hydrogens is 156 g/mol. The molecular formula is C8H14N2O2. The lowest BCUT2D eigenvalue weighted by molar-refractivity contribution is -0.0918. The fourth-order valence-electron chi connectivity index (χ4n) is 1.12. The van der Waals surface area contributed by atoms with Crippen LogP contribution in [0.3, 0.4) is 0 Å². The zero-order chi connectivity index (χ0) is 8.97. The summed E-state index contributed by atoms with van der Waals surface area (Å²) in [5.74, 6) is 0. The van der Waals surface area contributed by atoms with Crippen LogP contribution in [-0.2, 0) is 4.84 Å². The minimum Gasteiger partial charge on any atom is -0.321 e. The Hall–Kier alpha value is -1.03. The molecule has 1 aliphatic rings. The van der Waals surface area contributed by atoms with Gasteiger partial charge in [0, 0.05) is 13.1 Å². The molecule has 1 heterocycles. The molecule has 0 unspecified atom stereocenters. The SMILES string of the molecule is C=CCON1CCN(CC)C1=O. The highest BCUT2D eigenvalue weighted by Crippen LogP contribution is 2.07. The Balaban J connectivity index is 2.38. The summed E-state index contributed by atoms with van der Waals surface area (Å²) in [6.45, 7) is 8.01. The number of nitrogens with zero attached hydrogens (tertiary/aromatic N) is 2. The van der Waals surface area contributed by atoms with Crippen LogP contribution in [0, 0.1) is 0 Å². The molecule has 0 bridgehead atoms. The number of amides is 2. The Bertz CT molecular complexity index is 182. The summed E-state index contributed by atoms with van der Waals surface area (Å²) in [7, 11) is 0. The number of hydroxylamine groups is 2. The van der Waals surface area contributed by atoms with Crippen molar-refractivity contribution in [2.75, 3.05) is 26.2 Å². The van der Waals surface area contributed by atoms with Gasteiger partial charge in [-0.2, -0.15) is 0 Å². The largest absolute Gasteiger partial charge is 0.344 e. The normalized spacial score (nSPS) is 17.2. The lowest BCUT2D eigenvalue weighted by Crippen LogP contribution is -2.31. The van der Waals surface area contributed by atoms with E-state index in [2.05, 4.69) is 6.58 Å². The maximum absolute atomic E-state index is 11.3. The van der Waals surface area contributed by atoms with E-state index >= 15 is 0 Å². The zero-order valence-electron chi connectivity index (χ0n) is 7.32. The lowest BCUT2D eigenvalue weighted by atomic mass is 10.6. The molecule has 1 aliphatic heterocycles. The molecule has 0 aromatic carbocycles. The summed E-state index contributed by atoms with van der Waals surface area (Å²) in [5.41, 5.74) is 0. The second kappa shape index (κ2) is 4.11. The van der Waals surface area contributed by atoms with Gasteiger partial charge in [-0.3, -0.25) is 4.84 Å². The van der Waals surface area contributed by atoms with Gasteiger partial charge in [0.2, 0.25) is 0 Å². The summed E-state index contributed by atoms with van der Waals surface area (Å²) in [6, 6.07) is -0.0423. The van der Waals surface area contributed by atoms with Gasteiger partial charge in [0.15, 0.2) is 0 Å². The van der Waals surface area contributed by atoms with Gasteiger partial charge in [0.05, 0.1) is 13.2 Å². The summed E-state index contributed by atoms with van der Waals surface area (Å²) in [4.78, 5) is 18.2. The fourth-order valence-corrected chi connectivity index (χ4v) is 1.12. The van der Waals surface area contributed by atoms with Gasteiger partial charge in [0.1, 0.15) is 0 Å². The standard InChI is InChI=1S/C8H14N2O2/c1-3-7-12-10-6-5-9(4-2)8(10)11/h3H,1,4-7H2,2H3.